The SMILES string of the molecule is Nc1c(-c2ccccn2)cc[nH]c1=O. The Hall–Kier alpha value is -2.10. The number of hydrogen-bond donors (Lipinski definition) is 2. The van der Waals surface area contributed by atoms with Crippen LogP contribution in [0.1, 0.15) is 0 Å². The monoisotopic (exact) mass is 187 g/mol. The Balaban J connectivity index is 2.64. The zero-order valence-corrected chi connectivity index (χ0v) is 7.40. The normalized spacial score (nSPS) is 10.0. The van der Waals surface area contributed by atoms with Gasteiger partial charge in [0.25, 0.3) is 5.56 Å². The molecule has 2 aromatic heterocycles. The van der Waals surface area contributed by atoms with Crippen molar-refractivity contribution < 1.29 is 0 Å². The first-order valence-corrected chi connectivity index (χ1v) is 4.17. The van der Waals surface area contributed by atoms with Crippen LogP contribution in [0.25, 0.3) is 11.3 Å². The molecule has 4 nitrogen and oxygen atoms in total. The van der Waals surface area contributed by atoms with Gasteiger partial charge in [-0.05, 0) is 18.2 Å². The lowest BCUT2D eigenvalue weighted by atomic mass is 10.1. The molecule has 0 aliphatic carbocycles. The lowest BCUT2D eigenvalue weighted by Gasteiger charge is -2.02. The molecule has 14 heavy (non-hydrogen) atoms. The molecule has 0 saturated carbocycles. The quantitative estimate of drug-likeness (QED) is 0.700. The number of anilines is 1. The fraction of sp³-hybridized carbons (Fsp3) is 0. The smallest absolute Gasteiger partial charge is 0.271 e. The van der Waals surface area contributed by atoms with E-state index in [2.05, 4.69) is 9.97 Å². The van der Waals surface area contributed by atoms with Gasteiger partial charge in [-0.25, -0.2) is 0 Å². The summed E-state index contributed by atoms with van der Waals surface area (Å²) >= 11 is 0. The van der Waals surface area contributed by atoms with Crippen LogP contribution in [0.15, 0.2) is 41.5 Å². The zero-order valence-electron chi connectivity index (χ0n) is 7.40. The predicted molar refractivity (Wildman–Crippen MR) is 54.7 cm³/mol. The minimum atomic E-state index is -0.284. The standard InChI is InChI=1S/C10H9N3O/c11-9-7(4-6-13-10(9)14)8-3-1-2-5-12-8/h1-6H,11H2,(H,13,14). The molecule has 70 valence electrons. The largest absolute Gasteiger partial charge is 0.394 e. The van der Waals surface area contributed by atoms with E-state index in [1.54, 1.807) is 18.5 Å². The Morgan fingerprint density at radius 2 is 2.14 bits per heavy atom. The maximum absolute atomic E-state index is 11.2. The van der Waals surface area contributed by atoms with Crippen molar-refractivity contribution in [1.29, 1.82) is 0 Å². The summed E-state index contributed by atoms with van der Waals surface area (Å²) in [5.74, 6) is 0. The van der Waals surface area contributed by atoms with Gasteiger partial charge in [-0.3, -0.25) is 9.78 Å². The van der Waals surface area contributed by atoms with E-state index in [0.29, 0.717) is 11.3 Å². The summed E-state index contributed by atoms with van der Waals surface area (Å²) in [4.78, 5) is 17.8. The van der Waals surface area contributed by atoms with Gasteiger partial charge in [0.2, 0.25) is 0 Å². The molecule has 2 heterocycles. The molecule has 0 aliphatic rings. The second-order valence-corrected chi connectivity index (χ2v) is 2.85. The van der Waals surface area contributed by atoms with Crippen molar-refractivity contribution in [3.63, 3.8) is 0 Å². The summed E-state index contributed by atoms with van der Waals surface area (Å²) in [6, 6.07) is 7.21. The van der Waals surface area contributed by atoms with Crippen LogP contribution in [0.5, 0.6) is 0 Å². The average molecular weight is 187 g/mol. The second-order valence-electron chi connectivity index (χ2n) is 2.85. The van der Waals surface area contributed by atoms with Crippen molar-refractivity contribution in [3.8, 4) is 11.3 Å². The molecule has 0 unspecified atom stereocenters. The maximum atomic E-state index is 11.2. The van der Waals surface area contributed by atoms with Crippen LogP contribution in [0, 0.1) is 0 Å². The minimum Gasteiger partial charge on any atom is -0.394 e. The number of H-pyrrole nitrogens is 1. The molecule has 0 bridgehead atoms. The molecule has 0 radical (unpaired) electrons. The Bertz CT molecular complexity index is 490. The van der Waals surface area contributed by atoms with Gasteiger partial charge in [-0.1, -0.05) is 6.07 Å². The van der Waals surface area contributed by atoms with Crippen molar-refractivity contribution >= 4 is 5.69 Å². The molecule has 4 heteroatoms. The first-order valence-electron chi connectivity index (χ1n) is 4.17. The van der Waals surface area contributed by atoms with Gasteiger partial charge in [0.05, 0.1) is 5.69 Å². The molecule has 0 aromatic carbocycles. The number of nitrogen functional groups attached to an aromatic ring is 1. The zero-order chi connectivity index (χ0) is 9.97. The first-order chi connectivity index (χ1) is 6.79. The van der Waals surface area contributed by atoms with Gasteiger partial charge in [-0.15, -0.1) is 0 Å². The fourth-order valence-electron chi connectivity index (χ4n) is 1.24. The van der Waals surface area contributed by atoms with Gasteiger partial charge in [0.15, 0.2) is 0 Å². The molecule has 0 amide bonds. The highest BCUT2D eigenvalue weighted by Crippen LogP contribution is 2.18. The number of nitrogens with zero attached hydrogens (tertiary/aromatic N) is 1. The van der Waals surface area contributed by atoms with Gasteiger partial charge < -0.3 is 10.7 Å². The number of aromatic nitrogens is 2. The summed E-state index contributed by atoms with van der Waals surface area (Å²) in [5, 5.41) is 0. The summed E-state index contributed by atoms with van der Waals surface area (Å²) < 4.78 is 0. The van der Waals surface area contributed by atoms with Crippen LogP contribution in [0.4, 0.5) is 5.69 Å². The number of pyridine rings is 2. The van der Waals surface area contributed by atoms with E-state index in [-0.39, 0.29) is 11.2 Å². The van der Waals surface area contributed by atoms with E-state index >= 15 is 0 Å². The van der Waals surface area contributed by atoms with E-state index < -0.39 is 0 Å². The van der Waals surface area contributed by atoms with E-state index in [1.165, 1.54) is 0 Å². The van der Waals surface area contributed by atoms with E-state index in [1.807, 2.05) is 18.2 Å². The van der Waals surface area contributed by atoms with Crippen molar-refractivity contribution in [2.45, 2.75) is 0 Å². The Kier molecular flexibility index (Phi) is 2.02. The van der Waals surface area contributed by atoms with Crippen LogP contribution in [-0.2, 0) is 0 Å². The number of hydrogen-bond acceptors (Lipinski definition) is 3. The first kappa shape index (κ1) is 8.50. The molecule has 2 aromatic rings. The van der Waals surface area contributed by atoms with Crippen LogP contribution < -0.4 is 11.3 Å². The highest BCUT2D eigenvalue weighted by atomic mass is 16.1. The molecule has 0 aliphatic heterocycles. The summed E-state index contributed by atoms with van der Waals surface area (Å²) in [5.41, 5.74) is 6.91. The summed E-state index contributed by atoms with van der Waals surface area (Å²) in [6.07, 6.45) is 3.22. The van der Waals surface area contributed by atoms with Crippen LogP contribution in [0.3, 0.4) is 0 Å². The Morgan fingerprint density at radius 3 is 2.86 bits per heavy atom. The van der Waals surface area contributed by atoms with Gasteiger partial charge in [0, 0.05) is 18.0 Å². The van der Waals surface area contributed by atoms with E-state index in [4.69, 9.17) is 5.73 Å². The van der Waals surface area contributed by atoms with Gasteiger partial charge in [0.1, 0.15) is 5.69 Å². The third-order valence-electron chi connectivity index (χ3n) is 1.94. The second kappa shape index (κ2) is 3.33. The Morgan fingerprint density at radius 1 is 1.29 bits per heavy atom. The molecular weight excluding hydrogens is 178 g/mol. The number of aromatic amines is 1. The summed E-state index contributed by atoms with van der Waals surface area (Å²) in [6.45, 7) is 0. The molecule has 3 N–H and O–H groups in total. The van der Waals surface area contributed by atoms with Crippen LogP contribution in [-0.4, -0.2) is 9.97 Å². The Labute approximate surface area is 80.4 Å². The van der Waals surface area contributed by atoms with Gasteiger partial charge in [-0.2, -0.15) is 0 Å². The number of nitrogens with two attached hydrogens (primary N) is 1. The van der Waals surface area contributed by atoms with E-state index in [0.717, 1.165) is 0 Å². The molecule has 2 rings (SSSR count). The fourth-order valence-corrected chi connectivity index (χ4v) is 1.24. The van der Waals surface area contributed by atoms with E-state index in [9.17, 15) is 4.79 Å². The topological polar surface area (TPSA) is 71.8 Å². The van der Waals surface area contributed by atoms with Crippen LogP contribution in [0.2, 0.25) is 0 Å². The number of rotatable bonds is 1. The lowest BCUT2D eigenvalue weighted by molar-refractivity contribution is 1.23. The molecule has 0 saturated heterocycles. The third-order valence-corrected chi connectivity index (χ3v) is 1.94. The van der Waals surface area contributed by atoms with Crippen molar-refractivity contribution in [2.24, 2.45) is 0 Å². The molecular formula is C10H9N3O. The predicted octanol–water partition coefficient (Wildman–Crippen LogP) is 1.02. The molecule has 0 fully saturated rings. The molecule has 0 atom stereocenters. The third kappa shape index (κ3) is 1.37. The maximum Gasteiger partial charge on any atom is 0.271 e. The molecule has 0 spiro atoms. The average Bonchev–Trinajstić information content (AvgIpc) is 2.23. The summed E-state index contributed by atoms with van der Waals surface area (Å²) in [7, 11) is 0. The minimum absolute atomic E-state index is 0.200. The van der Waals surface area contributed by atoms with Crippen molar-refractivity contribution in [2.75, 3.05) is 5.73 Å². The van der Waals surface area contributed by atoms with Crippen molar-refractivity contribution in [1.82, 2.24) is 9.97 Å². The van der Waals surface area contributed by atoms with Crippen molar-refractivity contribution in [3.05, 3.63) is 47.0 Å². The number of nitrogens with one attached hydrogen (secondary N) is 1. The lowest BCUT2D eigenvalue weighted by Crippen LogP contribution is -2.12. The van der Waals surface area contributed by atoms with Gasteiger partial charge >= 0.3 is 0 Å². The highest BCUT2D eigenvalue weighted by Gasteiger charge is 2.04. The van der Waals surface area contributed by atoms with Crippen LogP contribution >= 0.6 is 0 Å². The highest BCUT2D eigenvalue weighted by molar-refractivity contribution is 5.72.